The molecule has 1 saturated heterocycles. The summed E-state index contributed by atoms with van der Waals surface area (Å²) < 4.78 is 28.8. The van der Waals surface area contributed by atoms with Crippen LogP contribution >= 0.6 is 15.9 Å². The highest BCUT2D eigenvalue weighted by atomic mass is 79.9. The minimum atomic E-state index is -3.80. The van der Waals surface area contributed by atoms with E-state index in [0.717, 1.165) is 37.1 Å². The van der Waals surface area contributed by atoms with Crippen LogP contribution in [0.5, 0.6) is 0 Å². The van der Waals surface area contributed by atoms with E-state index in [9.17, 15) is 13.2 Å². The van der Waals surface area contributed by atoms with E-state index in [1.54, 1.807) is 18.2 Å². The van der Waals surface area contributed by atoms with E-state index in [4.69, 9.17) is 0 Å². The number of rotatable bonds is 7. The number of benzene rings is 1. The Morgan fingerprint density at radius 3 is 2.57 bits per heavy atom. The molecule has 1 aliphatic heterocycles. The van der Waals surface area contributed by atoms with Crippen LogP contribution in [0.3, 0.4) is 0 Å². The number of piperazine rings is 1. The Morgan fingerprint density at radius 2 is 1.93 bits per heavy atom. The largest absolute Gasteiger partial charge is 0.353 e. The summed E-state index contributed by atoms with van der Waals surface area (Å²) in [6, 6.07) is 7.88. The summed E-state index contributed by atoms with van der Waals surface area (Å²) in [4.78, 5) is 19.5. The lowest BCUT2D eigenvalue weighted by atomic mass is 10.1. The number of carbonyl (C=O) groups is 1. The summed E-state index contributed by atoms with van der Waals surface area (Å²) in [5, 5.41) is 6.22. The van der Waals surface area contributed by atoms with Gasteiger partial charge in [-0.25, -0.2) is 13.4 Å². The van der Waals surface area contributed by atoms with Gasteiger partial charge in [0.2, 0.25) is 0 Å². The van der Waals surface area contributed by atoms with E-state index in [1.165, 1.54) is 18.3 Å². The lowest BCUT2D eigenvalue weighted by molar-refractivity contribution is 0.0939. The molecule has 30 heavy (non-hydrogen) atoms. The minimum absolute atomic E-state index is 0.00325. The first-order valence-electron chi connectivity index (χ1n) is 9.85. The second-order valence-electron chi connectivity index (χ2n) is 7.17. The average molecular weight is 496 g/mol. The molecule has 10 heteroatoms. The molecule has 1 aromatic heterocycles. The number of nitrogens with one attached hydrogen (secondary N) is 3. The number of nitrogens with zero attached hydrogens (tertiary/aromatic N) is 2. The summed E-state index contributed by atoms with van der Waals surface area (Å²) in [7, 11) is -3.80. The normalized spacial score (nSPS) is 15.5. The zero-order chi connectivity index (χ0) is 21.7. The number of anilines is 2. The molecular formula is C20H26BrN5O3S. The predicted octanol–water partition coefficient (Wildman–Crippen LogP) is 2.58. The maximum Gasteiger partial charge on any atom is 0.261 e. The van der Waals surface area contributed by atoms with Gasteiger partial charge in [0.05, 0.1) is 22.3 Å². The second kappa shape index (κ2) is 9.76. The Labute approximate surface area is 185 Å². The van der Waals surface area contributed by atoms with Crippen molar-refractivity contribution < 1.29 is 13.2 Å². The van der Waals surface area contributed by atoms with Crippen LogP contribution in [0.1, 0.15) is 30.6 Å². The van der Waals surface area contributed by atoms with Crippen molar-refractivity contribution in [2.75, 3.05) is 35.8 Å². The number of pyridine rings is 1. The molecule has 1 aliphatic rings. The van der Waals surface area contributed by atoms with Crippen molar-refractivity contribution >= 4 is 43.4 Å². The smallest absolute Gasteiger partial charge is 0.261 e. The van der Waals surface area contributed by atoms with Gasteiger partial charge in [-0.1, -0.05) is 22.9 Å². The lowest BCUT2D eigenvalue weighted by Gasteiger charge is -2.30. The Kier molecular flexibility index (Phi) is 7.32. The third-order valence-corrected chi connectivity index (χ3v) is 6.82. The van der Waals surface area contributed by atoms with E-state index < -0.39 is 10.0 Å². The summed E-state index contributed by atoms with van der Waals surface area (Å²) in [5.41, 5.74) is 0.597. The maximum atomic E-state index is 12.9. The fourth-order valence-corrected chi connectivity index (χ4v) is 4.34. The number of aromatic nitrogens is 1. The van der Waals surface area contributed by atoms with Crippen molar-refractivity contribution in [2.45, 2.75) is 31.2 Å². The van der Waals surface area contributed by atoms with Gasteiger partial charge in [-0.05, 0) is 43.7 Å². The van der Waals surface area contributed by atoms with Crippen LogP contribution in [0.15, 0.2) is 45.9 Å². The van der Waals surface area contributed by atoms with Gasteiger partial charge in [0.15, 0.2) is 0 Å². The molecule has 0 unspecified atom stereocenters. The molecule has 0 spiro atoms. The molecule has 0 saturated carbocycles. The van der Waals surface area contributed by atoms with Gasteiger partial charge in [0, 0.05) is 36.7 Å². The monoisotopic (exact) mass is 495 g/mol. The average Bonchev–Trinajstić information content (AvgIpc) is 2.74. The SMILES string of the molecule is CC[C@H](C)NC(=O)c1cc(NS(=O)(=O)c2ccc(Br)cc2)cnc1N1CCNCC1. The fourth-order valence-electron chi connectivity index (χ4n) is 3.04. The van der Waals surface area contributed by atoms with Crippen LogP contribution < -0.4 is 20.3 Å². The third kappa shape index (κ3) is 5.50. The molecule has 1 atom stereocenters. The molecule has 2 aromatic rings. The summed E-state index contributed by atoms with van der Waals surface area (Å²) in [6.45, 7) is 6.96. The van der Waals surface area contributed by atoms with Crippen molar-refractivity contribution in [3.8, 4) is 0 Å². The molecule has 2 heterocycles. The standard InChI is InChI=1S/C20H26BrN5O3S/c1-3-14(2)24-20(27)18-12-16(13-23-19(18)26-10-8-22-9-11-26)25-30(28,29)17-6-4-15(21)5-7-17/h4-7,12-14,22,25H,3,8-11H2,1-2H3,(H,24,27)/t14-/m0/s1. The molecule has 1 fully saturated rings. The molecule has 8 nitrogen and oxygen atoms in total. The van der Waals surface area contributed by atoms with Crippen molar-refractivity contribution in [1.29, 1.82) is 0 Å². The summed E-state index contributed by atoms with van der Waals surface area (Å²) >= 11 is 3.30. The molecular weight excluding hydrogens is 470 g/mol. The van der Waals surface area contributed by atoms with Crippen molar-refractivity contribution in [2.24, 2.45) is 0 Å². The summed E-state index contributed by atoms with van der Waals surface area (Å²) in [6.07, 6.45) is 2.24. The number of carbonyl (C=O) groups excluding carboxylic acids is 1. The fraction of sp³-hybridized carbons (Fsp3) is 0.400. The van der Waals surface area contributed by atoms with Gasteiger partial charge in [0.25, 0.3) is 15.9 Å². The highest BCUT2D eigenvalue weighted by molar-refractivity contribution is 9.10. The van der Waals surface area contributed by atoms with Crippen LogP contribution in [-0.4, -0.2) is 51.5 Å². The zero-order valence-corrected chi connectivity index (χ0v) is 19.4. The quantitative estimate of drug-likeness (QED) is 0.545. The number of halogens is 1. The van der Waals surface area contributed by atoms with E-state index >= 15 is 0 Å². The number of hydrogen-bond acceptors (Lipinski definition) is 6. The highest BCUT2D eigenvalue weighted by Gasteiger charge is 2.23. The molecule has 0 aliphatic carbocycles. The number of sulfonamides is 1. The van der Waals surface area contributed by atoms with Gasteiger partial charge >= 0.3 is 0 Å². The maximum absolute atomic E-state index is 12.9. The zero-order valence-electron chi connectivity index (χ0n) is 17.0. The van der Waals surface area contributed by atoms with Gasteiger partial charge in [-0.2, -0.15) is 0 Å². The topological polar surface area (TPSA) is 103 Å². The second-order valence-corrected chi connectivity index (χ2v) is 9.77. The van der Waals surface area contributed by atoms with E-state index in [-0.39, 0.29) is 22.5 Å². The van der Waals surface area contributed by atoms with Crippen LogP contribution in [-0.2, 0) is 10.0 Å². The first kappa shape index (κ1) is 22.5. The Bertz CT molecular complexity index is 992. The van der Waals surface area contributed by atoms with Gasteiger partial charge in [0.1, 0.15) is 5.82 Å². The molecule has 1 aromatic carbocycles. The minimum Gasteiger partial charge on any atom is -0.353 e. The molecule has 0 radical (unpaired) electrons. The first-order valence-corrected chi connectivity index (χ1v) is 12.1. The van der Waals surface area contributed by atoms with Crippen LogP contribution in [0, 0.1) is 0 Å². The number of amides is 1. The van der Waals surface area contributed by atoms with Crippen molar-refractivity contribution in [3.05, 3.63) is 46.6 Å². The Balaban J connectivity index is 1.92. The molecule has 0 bridgehead atoms. The molecule has 162 valence electrons. The first-order chi connectivity index (χ1) is 14.3. The van der Waals surface area contributed by atoms with Crippen LogP contribution in [0.2, 0.25) is 0 Å². The highest BCUT2D eigenvalue weighted by Crippen LogP contribution is 2.24. The van der Waals surface area contributed by atoms with E-state index in [0.29, 0.717) is 11.4 Å². The van der Waals surface area contributed by atoms with Gasteiger partial charge in [-0.3, -0.25) is 9.52 Å². The predicted molar refractivity (Wildman–Crippen MR) is 121 cm³/mol. The molecule has 1 amide bonds. The van der Waals surface area contributed by atoms with E-state index in [1.807, 2.05) is 18.7 Å². The van der Waals surface area contributed by atoms with Gasteiger partial charge < -0.3 is 15.5 Å². The molecule has 3 rings (SSSR count). The van der Waals surface area contributed by atoms with Crippen molar-refractivity contribution in [1.82, 2.24) is 15.6 Å². The Morgan fingerprint density at radius 1 is 1.27 bits per heavy atom. The number of hydrogen-bond donors (Lipinski definition) is 3. The van der Waals surface area contributed by atoms with Gasteiger partial charge in [-0.15, -0.1) is 0 Å². The molecule has 3 N–H and O–H groups in total. The lowest BCUT2D eigenvalue weighted by Crippen LogP contribution is -2.45. The Hall–Kier alpha value is -2.17. The third-order valence-electron chi connectivity index (χ3n) is 4.89. The van der Waals surface area contributed by atoms with Crippen LogP contribution in [0.4, 0.5) is 11.5 Å². The van der Waals surface area contributed by atoms with Crippen LogP contribution in [0.25, 0.3) is 0 Å². The van der Waals surface area contributed by atoms with Crippen molar-refractivity contribution in [3.63, 3.8) is 0 Å². The summed E-state index contributed by atoms with van der Waals surface area (Å²) in [5.74, 6) is 0.291. The van der Waals surface area contributed by atoms with E-state index in [2.05, 4.69) is 36.3 Å².